The third kappa shape index (κ3) is 6.37. The van der Waals surface area contributed by atoms with Crippen LogP contribution in [0.5, 0.6) is 11.5 Å². The average Bonchev–Trinajstić information content (AvgIpc) is 2.60. The van der Waals surface area contributed by atoms with Crippen LogP contribution in [0.1, 0.15) is 30.3 Å². The van der Waals surface area contributed by atoms with Crippen molar-refractivity contribution in [2.45, 2.75) is 31.7 Å². The summed E-state index contributed by atoms with van der Waals surface area (Å²) in [4.78, 5) is 12.2. The van der Waals surface area contributed by atoms with Crippen molar-refractivity contribution in [3.05, 3.63) is 22.2 Å². The molecule has 0 bridgehead atoms. The maximum Gasteiger partial charge on any atom is 0.236 e. The van der Waals surface area contributed by atoms with Gasteiger partial charge in [-0.3, -0.25) is 4.79 Å². The van der Waals surface area contributed by atoms with Gasteiger partial charge < -0.3 is 26.3 Å². The fourth-order valence-electron chi connectivity index (χ4n) is 1.85. The van der Waals surface area contributed by atoms with Gasteiger partial charge in [-0.2, -0.15) is 0 Å². The smallest absolute Gasteiger partial charge is 0.236 e. The minimum Gasteiger partial charge on any atom is -0.496 e. The lowest BCUT2D eigenvalue weighted by Crippen LogP contribution is -2.41. The van der Waals surface area contributed by atoms with Crippen LogP contribution in [0.2, 0.25) is 0 Å². The van der Waals surface area contributed by atoms with Gasteiger partial charge in [0.2, 0.25) is 5.91 Å². The monoisotopic (exact) mass is 391 g/mol. The van der Waals surface area contributed by atoms with Crippen molar-refractivity contribution in [1.29, 1.82) is 0 Å². The molecule has 0 fully saturated rings. The quantitative estimate of drug-likeness (QED) is 0.525. The Hall–Kier alpha value is -1.31. The Morgan fingerprint density at radius 2 is 2.04 bits per heavy atom. The maximum atomic E-state index is 12.2. The molecule has 0 saturated heterocycles. The van der Waals surface area contributed by atoms with E-state index in [1.165, 1.54) is 26.4 Å². The number of ether oxygens (including phenoxy) is 2. The first-order chi connectivity index (χ1) is 12.5. The van der Waals surface area contributed by atoms with Crippen LogP contribution >= 0.6 is 15.9 Å². The number of methoxy groups -OCH3 is 2. The van der Waals surface area contributed by atoms with Crippen LogP contribution in [-0.2, 0) is 11.2 Å². The number of carbonyl (C=O) groups excluding carboxylic acids is 1. The second-order valence-corrected chi connectivity index (χ2v) is 5.67. The van der Waals surface area contributed by atoms with E-state index in [0.29, 0.717) is 36.0 Å². The largest absolute Gasteiger partial charge is 0.496 e. The number of unbranched alkanes of at least 4 members (excludes halogenated alkanes) is 1. The Morgan fingerprint density at radius 3 is 2.65 bits per heavy atom. The van der Waals surface area contributed by atoms with Crippen LogP contribution in [0.4, 0.5) is 0 Å². The van der Waals surface area contributed by atoms with Gasteiger partial charge in [-0.25, -0.2) is 0 Å². The van der Waals surface area contributed by atoms with Crippen LogP contribution in [0, 0.1) is 0 Å². The van der Waals surface area contributed by atoms with Crippen molar-refractivity contribution in [3.63, 3.8) is 0 Å². The molecule has 1 rings (SSSR count). The summed E-state index contributed by atoms with van der Waals surface area (Å²) in [5.41, 5.74) is 11.1. The van der Waals surface area contributed by atoms with Crippen molar-refractivity contribution in [1.82, 2.24) is 5.32 Å². The van der Waals surface area contributed by atoms with Crippen molar-refractivity contribution in [2.75, 3.05) is 27.3 Å². The van der Waals surface area contributed by atoms with Crippen molar-refractivity contribution < 1.29 is 19.8 Å². The molecule has 1 aromatic rings. The van der Waals surface area contributed by atoms with E-state index in [0.717, 1.165) is 0 Å². The van der Waals surface area contributed by atoms with Crippen LogP contribution in [-0.4, -0.2) is 39.2 Å². The number of amides is 1. The predicted molar refractivity (Wildman–Crippen MR) is 94.8 cm³/mol. The number of benzene rings is 1. The Morgan fingerprint density at radius 1 is 1.35 bits per heavy atom. The molecule has 0 aliphatic rings. The molecule has 1 amide bonds. The standard InChI is InChI=1S/C16H26BrN3O3/c1-22-14-10-12(17)15(23-2)9-11(14)6-8-20-16(21)13(19)5-3-4-7-18/h9-10,13H,3-8,18-19H2,1-2H3,(H,20,21)/t13-/m0/s1/i6D2,8D2. The lowest BCUT2D eigenvalue weighted by atomic mass is 10.1. The fraction of sp³-hybridized carbons (Fsp3) is 0.562. The van der Waals surface area contributed by atoms with E-state index in [-0.39, 0.29) is 11.3 Å². The lowest BCUT2D eigenvalue weighted by molar-refractivity contribution is -0.122. The molecule has 130 valence electrons. The zero-order valence-corrected chi connectivity index (χ0v) is 14.9. The summed E-state index contributed by atoms with van der Waals surface area (Å²) in [6.07, 6.45) is -0.972. The molecule has 0 aliphatic heterocycles. The number of nitrogens with one attached hydrogen (secondary N) is 1. The van der Waals surface area contributed by atoms with E-state index < -0.39 is 24.8 Å². The van der Waals surface area contributed by atoms with E-state index >= 15 is 0 Å². The predicted octanol–water partition coefficient (Wildman–Crippen LogP) is 1.58. The van der Waals surface area contributed by atoms with Crippen LogP contribution in [0.25, 0.3) is 0 Å². The SMILES string of the molecule is [2H]C([2H])(NC(=O)[C@@H](N)CCCCN)C([2H])([2H])c1cc(OC)c(Br)cc1OC. The molecule has 1 aromatic carbocycles. The summed E-state index contributed by atoms with van der Waals surface area (Å²) in [5, 5.41) is 2.08. The average molecular weight is 392 g/mol. The Labute approximate surface area is 151 Å². The van der Waals surface area contributed by atoms with Gasteiger partial charge in [0.1, 0.15) is 11.5 Å². The molecule has 0 aromatic heterocycles. The third-order valence-corrected chi connectivity index (χ3v) is 3.78. The summed E-state index contributed by atoms with van der Waals surface area (Å²) in [6.45, 7) is -2.27. The maximum absolute atomic E-state index is 12.2. The van der Waals surface area contributed by atoms with E-state index in [9.17, 15) is 4.79 Å². The zero-order valence-electron chi connectivity index (χ0n) is 17.3. The van der Waals surface area contributed by atoms with E-state index in [1.54, 1.807) is 0 Å². The highest BCUT2D eigenvalue weighted by Crippen LogP contribution is 2.32. The number of hydrogen-bond donors (Lipinski definition) is 3. The third-order valence-electron chi connectivity index (χ3n) is 3.16. The van der Waals surface area contributed by atoms with Gasteiger partial charge in [0.05, 0.1) is 24.7 Å². The van der Waals surface area contributed by atoms with Crippen molar-refractivity contribution in [3.8, 4) is 11.5 Å². The zero-order chi connectivity index (χ0) is 20.8. The number of nitrogens with two attached hydrogens (primary N) is 2. The molecule has 0 heterocycles. The van der Waals surface area contributed by atoms with E-state index in [2.05, 4.69) is 21.2 Å². The molecular weight excluding hydrogens is 362 g/mol. The fourth-order valence-corrected chi connectivity index (χ4v) is 2.33. The van der Waals surface area contributed by atoms with Gasteiger partial charge in [0.25, 0.3) is 0 Å². The number of aryl methyl sites for hydroxylation is 1. The van der Waals surface area contributed by atoms with Crippen LogP contribution in [0.15, 0.2) is 16.6 Å². The highest BCUT2D eigenvalue weighted by atomic mass is 79.9. The Bertz CT molecular complexity index is 662. The van der Waals surface area contributed by atoms with Crippen molar-refractivity contribution >= 4 is 21.8 Å². The molecule has 0 spiro atoms. The van der Waals surface area contributed by atoms with Crippen molar-refractivity contribution in [2.24, 2.45) is 11.5 Å². The molecule has 0 radical (unpaired) electrons. The molecule has 0 unspecified atom stereocenters. The molecule has 0 saturated carbocycles. The minimum atomic E-state index is -2.75. The van der Waals surface area contributed by atoms with Crippen LogP contribution < -0.4 is 26.3 Å². The molecule has 0 aliphatic carbocycles. The lowest BCUT2D eigenvalue weighted by Gasteiger charge is -2.14. The molecular formula is C16H26BrN3O3. The summed E-state index contributed by atoms with van der Waals surface area (Å²) < 4.78 is 43.8. The van der Waals surface area contributed by atoms with Gasteiger partial charge in [0.15, 0.2) is 0 Å². The van der Waals surface area contributed by atoms with Gasteiger partial charge in [0, 0.05) is 12.0 Å². The Balaban J connectivity index is 3.12. The van der Waals surface area contributed by atoms with Gasteiger partial charge in [-0.1, -0.05) is 6.42 Å². The Kier molecular flexibility index (Phi) is 6.40. The minimum absolute atomic E-state index is 0.105. The summed E-state index contributed by atoms with van der Waals surface area (Å²) in [6, 6.07) is 1.85. The topological polar surface area (TPSA) is 99.6 Å². The first kappa shape index (κ1) is 14.1. The summed E-state index contributed by atoms with van der Waals surface area (Å²) >= 11 is 3.27. The first-order valence-corrected chi connectivity index (χ1v) is 8.00. The van der Waals surface area contributed by atoms with E-state index in [1.807, 2.05) is 0 Å². The second-order valence-electron chi connectivity index (χ2n) is 4.82. The van der Waals surface area contributed by atoms with E-state index in [4.69, 9.17) is 26.4 Å². The summed E-state index contributed by atoms with van der Waals surface area (Å²) in [7, 11) is 2.75. The second kappa shape index (κ2) is 10.5. The van der Waals surface area contributed by atoms with Gasteiger partial charge in [-0.15, -0.1) is 0 Å². The molecule has 6 nitrogen and oxygen atoms in total. The summed E-state index contributed by atoms with van der Waals surface area (Å²) in [5.74, 6) is -0.364. The molecule has 7 heteroatoms. The normalized spacial score (nSPS) is 15.7. The molecule has 23 heavy (non-hydrogen) atoms. The van der Waals surface area contributed by atoms with Gasteiger partial charge >= 0.3 is 0 Å². The number of carbonyl (C=O) groups is 1. The number of hydrogen-bond acceptors (Lipinski definition) is 5. The number of halogens is 1. The van der Waals surface area contributed by atoms with Crippen LogP contribution in [0.3, 0.4) is 0 Å². The number of rotatable bonds is 10. The van der Waals surface area contributed by atoms with Gasteiger partial charge in [-0.05, 0) is 59.4 Å². The molecule has 5 N–H and O–H groups in total. The molecule has 1 atom stereocenters. The highest BCUT2D eigenvalue weighted by Gasteiger charge is 2.13. The first-order valence-electron chi connectivity index (χ1n) is 9.21. The highest BCUT2D eigenvalue weighted by molar-refractivity contribution is 9.10.